The van der Waals surface area contributed by atoms with Gasteiger partial charge in [-0.15, -0.1) is 0 Å². The molecule has 116 valence electrons. The first kappa shape index (κ1) is 17.0. The molecule has 0 aliphatic carbocycles. The molecule has 0 aliphatic rings. The molecule has 1 amide bonds. The average molecular weight is 292 g/mol. The zero-order chi connectivity index (χ0) is 15.8. The number of benzene rings is 1. The number of nitrogens with zero attached hydrogens (tertiary/aromatic N) is 3. The Labute approximate surface area is 125 Å². The number of nitrogens with two attached hydrogens (primary N) is 1. The molecule has 3 N–H and O–H groups in total. The molecule has 1 aromatic carbocycles. The Morgan fingerprint density at radius 2 is 1.71 bits per heavy atom. The van der Waals surface area contributed by atoms with Gasteiger partial charge in [0.25, 0.3) is 5.91 Å². The molecule has 0 fully saturated rings. The van der Waals surface area contributed by atoms with Crippen LogP contribution in [-0.2, 0) is 0 Å². The SMILES string of the molecule is CCCN(CCN(C)C)C(=O)c1ccc(C(N)=NO)cc1. The summed E-state index contributed by atoms with van der Waals surface area (Å²) in [5.74, 6) is 0.0387. The third-order valence-corrected chi connectivity index (χ3v) is 3.13. The molecule has 0 saturated carbocycles. The van der Waals surface area contributed by atoms with Crippen LogP contribution in [0.5, 0.6) is 0 Å². The maximum Gasteiger partial charge on any atom is 0.253 e. The molecule has 0 radical (unpaired) electrons. The average Bonchev–Trinajstić information content (AvgIpc) is 2.50. The highest BCUT2D eigenvalue weighted by Gasteiger charge is 2.15. The maximum atomic E-state index is 12.5. The summed E-state index contributed by atoms with van der Waals surface area (Å²) in [6.45, 7) is 4.31. The van der Waals surface area contributed by atoms with E-state index in [1.165, 1.54) is 0 Å². The minimum absolute atomic E-state index is 0.00441. The number of oxime groups is 1. The Kier molecular flexibility index (Phi) is 6.68. The maximum absolute atomic E-state index is 12.5. The van der Waals surface area contributed by atoms with E-state index in [0.717, 1.165) is 19.5 Å². The lowest BCUT2D eigenvalue weighted by atomic mass is 10.1. The predicted molar refractivity (Wildman–Crippen MR) is 83.7 cm³/mol. The molecular formula is C15H24N4O2. The molecule has 0 aliphatic heterocycles. The van der Waals surface area contributed by atoms with Crippen molar-refractivity contribution in [1.82, 2.24) is 9.80 Å². The molecule has 1 aromatic rings. The third-order valence-electron chi connectivity index (χ3n) is 3.13. The second-order valence-corrected chi connectivity index (χ2v) is 5.16. The van der Waals surface area contributed by atoms with E-state index in [1.54, 1.807) is 24.3 Å². The molecule has 6 heteroatoms. The second kappa shape index (κ2) is 8.26. The van der Waals surface area contributed by atoms with E-state index in [0.29, 0.717) is 17.7 Å². The summed E-state index contributed by atoms with van der Waals surface area (Å²) in [5.41, 5.74) is 6.70. The summed E-state index contributed by atoms with van der Waals surface area (Å²) in [7, 11) is 3.97. The van der Waals surface area contributed by atoms with Crippen molar-refractivity contribution in [2.24, 2.45) is 10.9 Å². The van der Waals surface area contributed by atoms with Gasteiger partial charge in [0, 0.05) is 30.8 Å². The molecule has 0 saturated heterocycles. The first-order valence-corrected chi connectivity index (χ1v) is 7.01. The summed E-state index contributed by atoms with van der Waals surface area (Å²) >= 11 is 0. The van der Waals surface area contributed by atoms with Crippen molar-refractivity contribution in [3.8, 4) is 0 Å². The van der Waals surface area contributed by atoms with Gasteiger partial charge in [0.05, 0.1) is 0 Å². The third kappa shape index (κ3) is 5.07. The van der Waals surface area contributed by atoms with Crippen LogP contribution in [0.4, 0.5) is 0 Å². The fraction of sp³-hybridized carbons (Fsp3) is 0.467. The van der Waals surface area contributed by atoms with Crippen LogP contribution < -0.4 is 5.73 Å². The second-order valence-electron chi connectivity index (χ2n) is 5.16. The lowest BCUT2D eigenvalue weighted by Gasteiger charge is -2.24. The van der Waals surface area contributed by atoms with E-state index >= 15 is 0 Å². The molecule has 0 atom stereocenters. The minimum Gasteiger partial charge on any atom is -0.409 e. The van der Waals surface area contributed by atoms with Crippen LogP contribution in [0.3, 0.4) is 0 Å². The number of carbonyl (C=O) groups is 1. The highest BCUT2D eigenvalue weighted by atomic mass is 16.4. The Bertz CT molecular complexity index is 483. The normalized spacial score (nSPS) is 11.7. The zero-order valence-electron chi connectivity index (χ0n) is 12.9. The van der Waals surface area contributed by atoms with E-state index in [2.05, 4.69) is 17.0 Å². The summed E-state index contributed by atoms with van der Waals surface area (Å²) in [6, 6.07) is 6.76. The van der Waals surface area contributed by atoms with Gasteiger partial charge in [-0.25, -0.2) is 0 Å². The molecule has 0 bridgehead atoms. The quantitative estimate of drug-likeness (QED) is 0.342. The number of likely N-dealkylation sites (N-methyl/N-ethyl adjacent to an activating group) is 1. The standard InChI is InChI=1S/C15H24N4O2/c1-4-9-19(11-10-18(2)3)15(20)13-7-5-12(6-8-13)14(16)17-21/h5-8,21H,4,9-11H2,1-3H3,(H2,16,17). The Morgan fingerprint density at radius 3 is 2.19 bits per heavy atom. The van der Waals surface area contributed by atoms with E-state index < -0.39 is 0 Å². The van der Waals surface area contributed by atoms with Crippen LogP contribution >= 0.6 is 0 Å². The van der Waals surface area contributed by atoms with Crippen molar-refractivity contribution < 1.29 is 10.0 Å². The molecule has 1 rings (SSSR count). The van der Waals surface area contributed by atoms with Crippen LogP contribution in [0.2, 0.25) is 0 Å². The van der Waals surface area contributed by atoms with Gasteiger partial charge in [-0.3, -0.25) is 4.79 Å². The van der Waals surface area contributed by atoms with Gasteiger partial charge in [-0.2, -0.15) is 0 Å². The van der Waals surface area contributed by atoms with Crippen molar-refractivity contribution >= 4 is 11.7 Å². The highest BCUT2D eigenvalue weighted by Crippen LogP contribution is 2.08. The van der Waals surface area contributed by atoms with Crippen molar-refractivity contribution in [1.29, 1.82) is 0 Å². The van der Waals surface area contributed by atoms with E-state index in [9.17, 15) is 4.79 Å². The number of hydrogen-bond acceptors (Lipinski definition) is 4. The van der Waals surface area contributed by atoms with Gasteiger partial charge in [-0.05, 0) is 32.6 Å². The van der Waals surface area contributed by atoms with Gasteiger partial charge in [0.1, 0.15) is 0 Å². The minimum atomic E-state index is 0.00441. The summed E-state index contributed by atoms with van der Waals surface area (Å²) in [6.07, 6.45) is 0.918. The van der Waals surface area contributed by atoms with Crippen molar-refractivity contribution in [2.75, 3.05) is 33.7 Å². The van der Waals surface area contributed by atoms with Gasteiger partial charge >= 0.3 is 0 Å². The first-order chi connectivity index (χ1) is 9.99. The molecule has 0 aromatic heterocycles. The summed E-state index contributed by atoms with van der Waals surface area (Å²) in [5, 5.41) is 11.6. The molecule has 0 unspecified atom stereocenters. The number of carbonyl (C=O) groups excluding carboxylic acids is 1. The zero-order valence-corrected chi connectivity index (χ0v) is 12.9. The van der Waals surface area contributed by atoms with Crippen molar-refractivity contribution in [3.05, 3.63) is 35.4 Å². The largest absolute Gasteiger partial charge is 0.409 e. The van der Waals surface area contributed by atoms with Crippen LogP contribution in [0.15, 0.2) is 29.4 Å². The van der Waals surface area contributed by atoms with Crippen molar-refractivity contribution in [2.45, 2.75) is 13.3 Å². The topological polar surface area (TPSA) is 82.2 Å². The van der Waals surface area contributed by atoms with Gasteiger partial charge in [0.15, 0.2) is 5.84 Å². The van der Waals surface area contributed by atoms with Gasteiger partial charge in [-0.1, -0.05) is 24.2 Å². The lowest BCUT2D eigenvalue weighted by molar-refractivity contribution is 0.0745. The fourth-order valence-electron chi connectivity index (χ4n) is 1.93. The van der Waals surface area contributed by atoms with Gasteiger partial charge in [0.2, 0.25) is 0 Å². The fourth-order valence-corrected chi connectivity index (χ4v) is 1.93. The Hall–Kier alpha value is -2.08. The van der Waals surface area contributed by atoms with Crippen LogP contribution in [0, 0.1) is 0 Å². The molecule has 6 nitrogen and oxygen atoms in total. The number of amides is 1. The van der Waals surface area contributed by atoms with E-state index in [-0.39, 0.29) is 11.7 Å². The van der Waals surface area contributed by atoms with Crippen LogP contribution in [-0.4, -0.2) is 60.5 Å². The van der Waals surface area contributed by atoms with Crippen molar-refractivity contribution in [3.63, 3.8) is 0 Å². The summed E-state index contributed by atoms with van der Waals surface area (Å²) < 4.78 is 0. The monoisotopic (exact) mass is 292 g/mol. The summed E-state index contributed by atoms with van der Waals surface area (Å²) in [4.78, 5) is 16.4. The van der Waals surface area contributed by atoms with E-state index in [4.69, 9.17) is 10.9 Å². The van der Waals surface area contributed by atoms with Crippen LogP contribution in [0.1, 0.15) is 29.3 Å². The molecule has 0 spiro atoms. The predicted octanol–water partition coefficient (Wildman–Crippen LogP) is 1.19. The van der Waals surface area contributed by atoms with E-state index in [1.807, 2.05) is 19.0 Å². The smallest absolute Gasteiger partial charge is 0.253 e. The molecule has 21 heavy (non-hydrogen) atoms. The molecule has 0 heterocycles. The van der Waals surface area contributed by atoms with Crippen LogP contribution in [0.25, 0.3) is 0 Å². The molecular weight excluding hydrogens is 268 g/mol. The Morgan fingerprint density at radius 1 is 1.14 bits per heavy atom. The number of rotatable bonds is 7. The van der Waals surface area contributed by atoms with Gasteiger partial charge < -0.3 is 20.7 Å². The number of amidine groups is 1. The first-order valence-electron chi connectivity index (χ1n) is 7.01. The Balaban J connectivity index is 2.83. The lowest BCUT2D eigenvalue weighted by Crippen LogP contribution is -2.37. The highest BCUT2D eigenvalue weighted by molar-refractivity contribution is 5.99. The number of hydrogen-bond donors (Lipinski definition) is 2.